The molecular formula is C27H43NO2. The van der Waals surface area contributed by atoms with Gasteiger partial charge in [0.15, 0.2) is 0 Å². The van der Waals surface area contributed by atoms with Gasteiger partial charge in [-0.2, -0.15) is 0 Å². The number of fused-ring (bicyclic) bond motifs is 9. The van der Waals surface area contributed by atoms with Crippen molar-refractivity contribution in [2.45, 2.75) is 96.7 Å². The van der Waals surface area contributed by atoms with Gasteiger partial charge in [0, 0.05) is 25.2 Å². The Hall–Kier alpha value is -0.380. The van der Waals surface area contributed by atoms with Crippen LogP contribution in [0.1, 0.15) is 78.6 Å². The minimum atomic E-state index is -0.100. The highest BCUT2D eigenvalue weighted by atomic mass is 16.3. The summed E-state index contributed by atoms with van der Waals surface area (Å²) in [6.07, 6.45) is 13.6. The van der Waals surface area contributed by atoms with Crippen LogP contribution in [0.5, 0.6) is 0 Å². The summed E-state index contributed by atoms with van der Waals surface area (Å²) in [4.78, 5) is 2.89. The van der Waals surface area contributed by atoms with Gasteiger partial charge >= 0.3 is 0 Å². The standard InChI is InChI=1S/C27H43NO2/c1-16-23-7-4-17(15-29)14-28(23)24-13-22-20-6-5-18-12-19(30)8-10-26(18,2)21(20)9-11-27(22,3)25(16)24/h5,16-17,19-25,29-30H,4,6-15H2,1-3H3/t16-,17+,19+,20-,21+,22+,23-,24+,25+,26+,27+/m1/s1. The van der Waals surface area contributed by atoms with E-state index in [4.69, 9.17) is 0 Å². The first kappa shape index (κ1) is 20.2. The van der Waals surface area contributed by atoms with Crippen molar-refractivity contribution in [3.05, 3.63) is 11.6 Å². The highest BCUT2D eigenvalue weighted by Gasteiger charge is 2.66. The topological polar surface area (TPSA) is 43.7 Å². The number of aliphatic hydroxyl groups excluding tert-OH is 2. The smallest absolute Gasteiger partial charge is 0.0577 e. The molecule has 0 unspecified atom stereocenters. The monoisotopic (exact) mass is 413 g/mol. The van der Waals surface area contributed by atoms with E-state index in [-0.39, 0.29) is 6.10 Å². The molecule has 0 aromatic carbocycles. The zero-order chi connectivity index (χ0) is 20.8. The first-order valence-corrected chi connectivity index (χ1v) is 13.1. The van der Waals surface area contributed by atoms with Crippen LogP contribution in [0.25, 0.3) is 0 Å². The molecule has 4 aliphatic carbocycles. The fourth-order valence-corrected chi connectivity index (χ4v) is 10.4. The van der Waals surface area contributed by atoms with E-state index in [0.29, 0.717) is 23.4 Å². The van der Waals surface area contributed by atoms with Crippen LogP contribution in [0, 0.1) is 46.3 Å². The van der Waals surface area contributed by atoms with Gasteiger partial charge in [-0.1, -0.05) is 32.4 Å². The Labute approximate surface area is 183 Å². The molecule has 168 valence electrons. The molecule has 0 bridgehead atoms. The summed E-state index contributed by atoms with van der Waals surface area (Å²) in [5.41, 5.74) is 2.45. The minimum absolute atomic E-state index is 0.100. The molecule has 5 fully saturated rings. The average Bonchev–Trinajstić information content (AvgIpc) is 3.20. The van der Waals surface area contributed by atoms with Gasteiger partial charge in [-0.15, -0.1) is 0 Å². The van der Waals surface area contributed by atoms with Gasteiger partial charge < -0.3 is 10.2 Å². The van der Waals surface area contributed by atoms with E-state index >= 15 is 0 Å². The Kier molecular flexibility index (Phi) is 4.60. The van der Waals surface area contributed by atoms with E-state index in [1.165, 1.54) is 44.9 Å². The third-order valence-corrected chi connectivity index (χ3v) is 11.8. The highest BCUT2D eigenvalue weighted by Crippen LogP contribution is 2.69. The molecule has 0 aromatic heterocycles. The number of hydrogen-bond acceptors (Lipinski definition) is 3. The molecule has 0 radical (unpaired) electrons. The summed E-state index contributed by atoms with van der Waals surface area (Å²) in [5, 5.41) is 20.1. The SMILES string of the molecule is C[C@H]1[C@H]2[C@H](C[C@H]3[C@@H]4CC=C5C[C@@H](O)CC[C@]5(C)[C@H]4CC[C@]23C)N2C[C@@H](CO)CC[C@H]12. The summed E-state index contributed by atoms with van der Waals surface area (Å²) < 4.78 is 0. The second-order valence-electron chi connectivity index (χ2n) is 12.8. The van der Waals surface area contributed by atoms with Gasteiger partial charge in [0.25, 0.3) is 0 Å². The second-order valence-corrected chi connectivity index (χ2v) is 12.8. The summed E-state index contributed by atoms with van der Waals surface area (Å²) in [6, 6.07) is 1.54. The van der Waals surface area contributed by atoms with Gasteiger partial charge in [0.1, 0.15) is 0 Å². The van der Waals surface area contributed by atoms with Crippen molar-refractivity contribution in [2.24, 2.45) is 46.3 Å². The highest BCUT2D eigenvalue weighted by molar-refractivity contribution is 5.26. The molecule has 0 aromatic rings. The van der Waals surface area contributed by atoms with E-state index < -0.39 is 0 Å². The predicted molar refractivity (Wildman–Crippen MR) is 120 cm³/mol. The fraction of sp³-hybridized carbons (Fsp3) is 0.926. The van der Waals surface area contributed by atoms with Gasteiger partial charge in [-0.05, 0) is 104 Å². The molecule has 2 aliphatic heterocycles. The molecular weight excluding hydrogens is 370 g/mol. The fourth-order valence-electron chi connectivity index (χ4n) is 10.4. The molecule has 6 rings (SSSR count). The van der Waals surface area contributed by atoms with E-state index in [0.717, 1.165) is 61.1 Å². The lowest BCUT2D eigenvalue weighted by Gasteiger charge is -2.58. The van der Waals surface area contributed by atoms with Crippen LogP contribution in [-0.2, 0) is 0 Å². The largest absolute Gasteiger partial charge is 0.396 e. The number of allylic oxidation sites excluding steroid dienone is 1. The van der Waals surface area contributed by atoms with Crippen molar-refractivity contribution in [3.8, 4) is 0 Å². The van der Waals surface area contributed by atoms with E-state index in [1.807, 2.05) is 0 Å². The van der Waals surface area contributed by atoms with Crippen LogP contribution in [0.15, 0.2) is 11.6 Å². The maximum Gasteiger partial charge on any atom is 0.0577 e. The van der Waals surface area contributed by atoms with Crippen LogP contribution in [0.4, 0.5) is 0 Å². The van der Waals surface area contributed by atoms with Crippen LogP contribution < -0.4 is 0 Å². The molecule has 2 heterocycles. The summed E-state index contributed by atoms with van der Waals surface area (Å²) in [5.74, 6) is 4.73. The Morgan fingerprint density at radius 1 is 1.07 bits per heavy atom. The third-order valence-electron chi connectivity index (χ3n) is 11.8. The molecule has 2 N–H and O–H groups in total. The quantitative estimate of drug-likeness (QED) is 0.616. The molecule has 3 saturated carbocycles. The zero-order valence-corrected chi connectivity index (χ0v) is 19.4. The van der Waals surface area contributed by atoms with Gasteiger partial charge in [-0.25, -0.2) is 0 Å². The zero-order valence-electron chi connectivity index (χ0n) is 19.4. The lowest BCUT2D eigenvalue weighted by molar-refractivity contribution is -0.0576. The van der Waals surface area contributed by atoms with Crippen LogP contribution in [0.2, 0.25) is 0 Å². The van der Waals surface area contributed by atoms with Crippen molar-refractivity contribution in [3.63, 3.8) is 0 Å². The Morgan fingerprint density at radius 2 is 1.90 bits per heavy atom. The summed E-state index contributed by atoms with van der Waals surface area (Å²) in [7, 11) is 0. The van der Waals surface area contributed by atoms with E-state index in [1.54, 1.807) is 5.57 Å². The number of rotatable bonds is 1. The van der Waals surface area contributed by atoms with Crippen molar-refractivity contribution in [1.82, 2.24) is 4.90 Å². The number of hydrogen-bond donors (Lipinski definition) is 2. The molecule has 6 aliphatic rings. The maximum absolute atomic E-state index is 10.3. The van der Waals surface area contributed by atoms with Crippen molar-refractivity contribution in [2.75, 3.05) is 13.2 Å². The maximum atomic E-state index is 10.3. The normalized spacial score (nSPS) is 57.6. The minimum Gasteiger partial charge on any atom is -0.396 e. The average molecular weight is 414 g/mol. The first-order chi connectivity index (χ1) is 14.4. The predicted octanol–water partition coefficient (Wildman–Crippen LogP) is 4.63. The van der Waals surface area contributed by atoms with Crippen molar-refractivity contribution >= 4 is 0 Å². The first-order valence-electron chi connectivity index (χ1n) is 13.1. The van der Waals surface area contributed by atoms with Gasteiger partial charge in [-0.3, -0.25) is 4.90 Å². The molecule has 2 saturated heterocycles. The third kappa shape index (κ3) is 2.55. The number of nitrogens with zero attached hydrogens (tertiary/aromatic N) is 1. The van der Waals surface area contributed by atoms with Gasteiger partial charge in [0.05, 0.1) is 6.10 Å². The molecule has 30 heavy (non-hydrogen) atoms. The Bertz CT molecular complexity index is 734. The summed E-state index contributed by atoms with van der Waals surface area (Å²) >= 11 is 0. The van der Waals surface area contributed by atoms with E-state index in [9.17, 15) is 10.2 Å². The van der Waals surface area contributed by atoms with Crippen LogP contribution >= 0.6 is 0 Å². The summed E-state index contributed by atoms with van der Waals surface area (Å²) in [6.45, 7) is 9.32. The Morgan fingerprint density at radius 3 is 2.70 bits per heavy atom. The molecule has 3 heteroatoms. The Balaban J connectivity index is 1.31. The molecule has 11 atom stereocenters. The van der Waals surface area contributed by atoms with E-state index in [2.05, 4.69) is 31.7 Å². The van der Waals surface area contributed by atoms with Crippen LogP contribution in [0.3, 0.4) is 0 Å². The van der Waals surface area contributed by atoms with Crippen molar-refractivity contribution < 1.29 is 10.2 Å². The van der Waals surface area contributed by atoms with Crippen LogP contribution in [-0.4, -0.2) is 46.5 Å². The van der Waals surface area contributed by atoms with Gasteiger partial charge in [0.2, 0.25) is 0 Å². The number of piperidine rings is 1. The molecule has 3 nitrogen and oxygen atoms in total. The lowest BCUT2D eigenvalue weighted by atomic mass is 9.47. The second kappa shape index (κ2) is 6.81. The van der Waals surface area contributed by atoms with Crippen molar-refractivity contribution in [1.29, 1.82) is 0 Å². The lowest BCUT2D eigenvalue weighted by Crippen LogP contribution is -2.51. The molecule has 0 spiro atoms. The molecule has 0 amide bonds. The number of aliphatic hydroxyl groups is 2.